The molecule has 0 fully saturated rings. The Balaban J connectivity index is 1.20. The van der Waals surface area contributed by atoms with Crippen molar-refractivity contribution in [2.45, 2.75) is 53.4 Å². The number of carbonyl (C=O) groups excluding carboxylic acids is 2. The number of nitrogens with zero attached hydrogens (tertiary/aromatic N) is 6. The summed E-state index contributed by atoms with van der Waals surface area (Å²) in [5.41, 5.74) is 5.05. The van der Waals surface area contributed by atoms with Gasteiger partial charge in [-0.2, -0.15) is 10.2 Å². The minimum Gasteiger partial charge on any atom is -0.465 e. The summed E-state index contributed by atoms with van der Waals surface area (Å²) in [7, 11) is 1.78. The molecule has 1 radical (unpaired) electrons. The van der Waals surface area contributed by atoms with E-state index < -0.39 is 18.4 Å². The zero-order valence-corrected chi connectivity index (χ0v) is 29.2. The molecule has 0 saturated carbocycles. The largest absolute Gasteiger partial charge is 0.511 e. The van der Waals surface area contributed by atoms with Gasteiger partial charge in [0.1, 0.15) is 0 Å². The van der Waals surface area contributed by atoms with Gasteiger partial charge in [0.2, 0.25) is 12.1 Å². The number of fused-ring (bicyclic) bond motifs is 1. The van der Waals surface area contributed by atoms with E-state index in [4.69, 9.17) is 23.8 Å². The van der Waals surface area contributed by atoms with Gasteiger partial charge >= 0.3 is 19.7 Å². The lowest BCUT2D eigenvalue weighted by atomic mass is 9.98. The number of rotatable bonds is 19. The predicted octanol–water partition coefficient (Wildman–Crippen LogP) is 5.16. The molecular formula is C35H42BN8O7. The number of carbonyl (C=O) groups is 2. The van der Waals surface area contributed by atoms with Crippen molar-refractivity contribution < 1.29 is 33.4 Å². The number of nitrogens with one attached hydrogen (secondary N) is 2. The average Bonchev–Trinajstić information content (AvgIpc) is 3.80. The molecule has 0 saturated heterocycles. The third-order valence-corrected chi connectivity index (χ3v) is 7.87. The standard InChI is InChI=1S/C35H42BN8O7/c1-5-43(6-2)36-40-49-22-11-10-21-48-35(46)51-24(4)50-33(45)29-15-12-16-30-31(29)44(34(37-30)47-7-3)23-25-17-19-26(20-18-25)27-13-8-9-14-28(27)32-38-41-42-39-32/h8-9,12-20,24,40H,5-7,10-11,21-23H2,1-4H3,(H,38,39,41,42). The minimum absolute atomic E-state index is 0.133. The summed E-state index contributed by atoms with van der Waals surface area (Å²) in [5.74, 6) is -0.183. The van der Waals surface area contributed by atoms with Gasteiger partial charge in [0.25, 0.3) is 6.01 Å². The van der Waals surface area contributed by atoms with E-state index in [1.54, 1.807) is 25.7 Å². The van der Waals surface area contributed by atoms with Gasteiger partial charge in [0.15, 0.2) is 0 Å². The van der Waals surface area contributed by atoms with E-state index >= 15 is 0 Å². The quantitative estimate of drug-likeness (QED) is 0.0382. The first-order valence-electron chi connectivity index (χ1n) is 16.9. The molecule has 0 aliphatic heterocycles. The molecule has 51 heavy (non-hydrogen) atoms. The molecule has 0 aliphatic rings. The molecule has 15 nitrogen and oxygen atoms in total. The number of aromatic amines is 1. The Hall–Kier alpha value is -5.32. The highest BCUT2D eigenvalue weighted by atomic mass is 16.8. The van der Waals surface area contributed by atoms with Crippen LogP contribution in [0.25, 0.3) is 33.5 Å². The molecule has 2 N–H and O–H groups in total. The number of para-hydroxylation sites is 1. The van der Waals surface area contributed by atoms with Crippen molar-refractivity contribution in [2.24, 2.45) is 0 Å². The molecule has 0 aliphatic carbocycles. The first kappa shape index (κ1) is 37.0. The molecule has 0 spiro atoms. The number of benzene rings is 3. The van der Waals surface area contributed by atoms with Gasteiger partial charge in [-0.3, -0.25) is 4.57 Å². The topological polar surface area (TPSA) is 168 Å². The number of esters is 1. The molecule has 0 amide bonds. The second kappa shape index (κ2) is 18.6. The van der Waals surface area contributed by atoms with E-state index in [-0.39, 0.29) is 12.2 Å². The van der Waals surface area contributed by atoms with Crippen LogP contribution in [0.5, 0.6) is 6.01 Å². The first-order chi connectivity index (χ1) is 24.9. The zero-order valence-electron chi connectivity index (χ0n) is 29.2. The molecule has 3 aromatic carbocycles. The lowest BCUT2D eigenvalue weighted by Gasteiger charge is -2.16. The number of ether oxygens (including phenoxy) is 4. The average molecular weight is 698 g/mol. The summed E-state index contributed by atoms with van der Waals surface area (Å²) in [6, 6.07) is 21.4. The van der Waals surface area contributed by atoms with E-state index in [0.29, 0.717) is 55.5 Å². The third-order valence-electron chi connectivity index (χ3n) is 7.87. The van der Waals surface area contributed by atoms with Crippen LogP contribution in [0.15, 0.2) is 66.7 Å². The van der Waals surface area contributed by atoms with Crippen LogP contribution >= 0.6 is 0 Å². The molecule has 5 rings (SSSR count). The monoisotopic (exact) mass is 697 g/mol. The van der Waals surface area contributed by atoms with Crippen LogP contribution in [-0.2, 0) is 25.6 Å². The van der Waals surface area contributed by atoms with Crippen molar-refractivity contribution in [3.63, 3.8) is 0 Å². The van der Waals surface area contributed by atoms with E-state index in [1.165, 1.54) is 6.92 Å². The molecule has 2 aromatic heterocycles. The summed E-state index contributed by atoms with van der Waals surface area (Å²) in [5, 5.41) is 17.3. The Morgan fingerprint density at radius 3 is 2.43 bits per heavy atom. The van der Waals surface area contributed by atoms with Crippen LogP contribution in [-0.4, -0.2) is 93.9 Å². The van der Waals surface area contributed by atoms with Crippen LogP contribution in [0.2, 0.25) is 0 Å². The molecule has 1 unspecified atom stereocenters. The maximum Gasteiger partial charge on any atom is 0.511 e. The third kappa shape index (κ3) is 9.90. The second-order valence-electron chi connectivity index (χ2n) is 11.3. The Labute approximate surface area is 296 Å². The summed E-state index contributed by atoms with van der Waals surface area (Å²) in [6.07, 6.45) is -0.901. The number of H-pyrrole nitrogens is 1. The number of hydrogen-bond acceptors (Lipinski definition) is 13. The molecule has 16 heteroatoms. The fraction of sp³-hybridized carbons (Fsp3) is 0.371. The number of hydrogen-bond donors (Lipinski definition) is 2. The summed E-state index contributed by atoms with van der Waals surface area (Å²) in [4.78, 5) is 37.7. The maximum atomic E-state index is 13.4. The predicted molar refractivity (Wildman–Crippen MR) is 189 cm³/mol. The fourth-order valence-corrected chi connectivity index (χ4v) is 5.31. The van der Waals surface area contributed by atoms with Crippen molar-refractivity contribution >= 4 is 30.7 Å². The van der Waals surface area contributed by atoms with Crippen molar-refractivity contribution in [3.05, 3.63) is 77.9 Å². The molecule has 5 aromatic rings. The van der Waals surface area contributed by atoms with Crippen molar-refractivity contribution in [3.8, 4) is 28.5 Å². The lowest BCUT2D eigenvalue weighted by molar-refractivity contribution is -0.0821. The van der Waals surface area contributed by atoms with Gasteiger partial charge in [-0.1, -0.05) is 68.4 Å². The van der Waals surface area contributed by atoms with Gasteiger partial charge in [0, 0.05) is 12.5 Å². The fourth-order valence-electron chi connectivity index (χ4n) is 5.31. The molecule has 0 bridgehead atoms. The van der Waals surface area contributed by atoms with Crippen LogP contribution in [0.1, 0.15) is 56.5 Å². The van der Waals surface area contributed by atoms with E-state index in [2.05, 4.69) is 49.7 Å². The Morgan fingerprint density at radius 1 is 0.941 bits per heavy atom. The van der Waals surface area contributed by atoms with E-state index in [0.717, 1.165) is 35.3 Å². The molecular weight excluding hydrogens is 655 g/mol. The van der Waals surface area contributed by atoms with Gasteiger partial charge < -0.3 is 28.6 Å². The Kier molecular flexibility index (Phi) is 13.5. The van der Waals surface area contributed by atoms with E-state index in [9.17, 15) is 9.59 Å². The minimum atomic E-state index is -1.20. The van der Waals surface area contributed by atoms with Gasteiger partial charge in [-0.15, -0.1) is 10.2 Å². The Morgan fingerprint density at radius 2 is 1.71 bits per heavy atom. The summed E-state index contributed by atoms with van der Waals surface area (Å²) < 4.78 is 23.5. The smallest absolute Gasteiger partial charge is 0.465 e. The van der Waals surface area contributed by atoms with Gasteiger partial charge in [0.05, 0.1) is 43.0 Å². The summed E-state index contributed by atoms with van der Waals surface area (Å²) in [6.45, 7) is 10.5. The highest BCUT2D eigenvalue weighted by Gasteiger charge is 2.23. The number of aromatic nitrogens is 6. The van der Waals surface area contributed by atoms with E-state index in [1.807, 2.05) is 60.0 Å². The summed E-state index contributed by atoms with van der Waals surface area (Å²) >= 11 is 0. The second-order valence-corrected chi connectivity index (χ2v) is 11.3. The maximum absolute atomic E-state index is 13.4. The van der Waals surface area contributed by atoms with Gasteiger partial charge in [-0.05, 0) is 66.9 Å². The highest BCUT2D eigenvalue weighted by molar-refractivity contribution is 6.27. The van der Waals surface area contributed by atoms with Crippen molar-refractivity contribution in [1.29, 1.82) is 0 Å². The molecule has 2 heterocycles. The number of imidazole rings is 1. The SMILES string of the molecule is CCOc1nc2cccc(C(=O)OC(C)OC(=O)OCCCCON[B]N(CC)CC)c2n1Cc1ccc(-c2ccccc2-c2nn[nH]n2)cc1. The van der Waals surface area contributed by atoms with Gasteiger partial charge in [-0.25, -0.2) is 15.0 Å². The zero-order chi connectivity index (χ0) is 36.0. The lowest BCUT2D eigenvalue weighted by Crippen LogP contribution is -2.38. The molecule has 267 valence electrons. The van der Waals surface area contributed by atoms with Crippen LogP contribution in [0.3, 0.4) is 0 Å². The van der Waals surface area contributed by atoms with Crippen LogP contribution in [0.4, 0.5) is 4.79 Å². The van der Waals surface area contributed by atoms with Crippen LogP contribution in [0, 0.1) is 0 Å². The Bertz CT molecular complexity index is 1850. The number of tetrazole rings is 1. The van der Waals surface area contributed by atoms with Crippen molar-refractivity contribution in [2.75, 3.05) is 32.9 Å². The first-order valence-corrected chi connectivity index (χ1v) is 16.9. The molecule has 1 atom stereocenters. The van der Waals surface area contributed by atoms with Crippen molar-refractivity contribution in [1.82, 2.24) is 40.4 Å². The van der Waals surface area contributed by atoms with Crippen LogP contribution < -0.4 is 10.1 Å². The number of unbranched alkanes of at least 4 members (excludes halogenated alkanes) is 1. The normalized spacial score (nSPS) is 11.8. The highest BCUT2D eigenvalue weighted by Crippen LogP contribution is 2.31.